The summed E-state index contributed by atoms with van der Waals surface area (Å²) < 4.78 is 0. The van der Waals surface area contributed by atoms with Gasteiger partial charge in [-0.2, -0.15) is 0 Å². The quantitative estimate of drug-likeness (QED) is 0.717. The van der Waals surface area contributed by atoms with Gasteiger partial charge in [-0.05, 0) is 19.9 Å². The maximum absolute atomic E-state index is 12.1. The van der Waals surface area contributed by atoms with Crippen molar-refractivity contribution in [2.45, 2.75) is 18.9 Å². The highest BCUT2D eigenvalue weighted by atomic mass is 35.5. The molecule has 0 aromatic rings. The predicted octanol–water partition coefficient (Wildman–Crippen LogP) is 1.29. The SMILES string of the molecule is C=CCN(CC=C)C(=O)CN1CCC(NC)CC1.Cl. The Bertz CT molecular complexity index is 278. The molecule has 1 N–H and O–H groups in total. The largest absolute Gasteiger partial charge is 0.334 e. The van der Waals surface area contributed by atoms with Crippen molar-refractivity contribution in [1.29, 1.82) is 0 Å². The maximum atomic E-state index is 12.1. The Hall–Kier alpha value is -0.840. The highest BCUT2D eigenvalue weighted by Crippen LogP contribution is 2.09. The van der Waals surface area contributed by atoms with E-state index in [4.69, 9.17) is 0 Å². The normalized spacial score (nSPS) is 16.5. The van der Waals surface area contributed by atoms with E-state index >= 15 is 0 Å². The molecule has 1 heterocycles. The molecule has 0 saturated carbocycles. The third-order valence-electron chi connectivity index (χ3n) is 3.41. The zero-order valence-electron chi connectivity index (χ0n) is 11.8. The second-order valence-electron chi connectivity index (χ2n) is 4.72. The number of rotatable bonds is 7. The average Bonchev–Trinajstić information content (AvgIpc) is 2.39. The molecule has 0 spiro atoms. The number of likely N-dealkylation sites (tertiary alicyclic amines) is 1. The van der Waals surface area contributed by atoms with Gasteiger partial charge in [-0.1, -0.05) is 12.2 Å². The van der Waals surface area contributed by atoms with Gasteiger partial charge in [0, 0.05) is 32.2 Å². The number of hydrogen-bond acceptors (Lipinski definition) is 3. The van der Waals surface area contributed by atoms with Gasteiger partial charge in [-0.15, -0.1) is 25.6 Å². The van der Waals surface area contributed by atoms with Crippen LogP contribution in [0.2, 0.25) is 0 Å². The zero-order valence-corrected chi connectivity index (χ0v) is 12.6. The second kappa shape index (κ2) is 10.0. The van der Waals surface area contributed by atoms with Crippen molar-refractivity contribution in [2.24, 2.45) is 0 Å². The number of halogens is 1. The van der Waals surface area contributed by atoms with Gasteiger partial charge in [0.05, 0.1) is 6.54 Å². The van der Waals surface area contributed by atoms with E-state index in [1.165, 1.54) is 0 Å². The van der Waals surface area contributed by atoms with Gasteiger partial charge in [-0.25, -0.2) is 0 Å². The standard InChI is InChI=1S/C14H25N3O.ClH/c1-4-8-17(9-5-2)14(18)12-16-10-6-13(15-3)7-11-16;/h4-5,13,15H,1-2,6-12H2,3H3;1H. The first-order valence-electron chi connectivity index (χ1n) is 6.60. The molecule has 0 radical (unpaired) electrons. The number of amides is 1. The number of nitrogens with zero attached hydrogens (tertiary/aromatic N) is 2. The van der Waals surface area contributed by atoms with Gasteiger partial charge < -0.3 is 10.2 Å². The van der Waals surface area contributed by atoms with Crippen molar-refractivity contribution in [3.63, 3.8) is 0 Å². The number of piperidine rings is 1. The van der Waals surface area contributed by atoms with E-state index < -0.39 is 0 Å². The summed E-state index contributed by atoms with van der Waals surface area (Å²) in [7, 11) is 2.00. The van der Waals surface area contributed by atoms with Gasteiger partial charge >= 0.3 is 0 Å². The van der Waals surface area contributed by atoms with Gasteiger partial charge in [0.25, 0.3) is 0 Å². The molecule has 0 aromatic carbocycles. The molecule has 1 fully saturated rings. The molecular weight excluding hydrogens is 262 g/mol. The highest BCUT2D eigenvalue weighted by Gasteiger charge is 2.21. The molecule has 110 valence electrons. The third kappa shape index (κ3) is 6.23. The lowest BCUT2D eigenvalue weighted by atomic mass is 10.1. The molecule has 1 rings (SSSR count). The lowest BCUT2D eigenvalue weighted by Crippen LogP contribution is -2.46. The number of carbonyl (C=O) groups is 1. The van der Waals surface area contributed by atoms with Crippen LogP contribution in [-0.4, -0.2) is 61.5 Å². The van der Waals surface area contributed by atoms with Crippen LogP contribution in [0.5, 0.6) is 0 Å². The molecule has 0 aromatic heterocycles. The van der Waals surface area contributed by atoms with Crippen molar-refractivity contribution in [3.05, 3.63) is 25.3 Å². The average molecular weight is 288 g/mol. The van der Waals surface area contributed by atoms with E-state index in [0.717, 1.165) is 25.9 Å². The Labute approximate surface area is 122 Å². The lowest BCUT2D eigenvalue weighted by Gasteiger charge is -2.32. The molecular formula is C14H26ClN3O. The molecule has 1 saturated heterocycles. The fourth-order valence-electron chi connectivity index (χ4n) is 2.26. The van der Waals surface area contributed by atoms with Crippen LogP contribution in [0, 0.1) is 0 Å². The smallest absolute Gasteiger partial charge is 0.237 e. The van der Waals surface area contributed by atoms with Crippen LogP contribution in [0.3, 0.4) is 0 Å². The Morgan fingerprint density at radius 3 is 2.26 bits per heavy atom. The molecule has 4 nitrogen and oxygen atoms in total. The van der Waals surface area contributed by atoms with Gasteiger partial charge in [-0.3, -0.25) is 9.69 Å². The van der Waals surface area contributed by atoms with E-state index in [0.29, 0.717) is 25.7 Å². The first-order valence-corrected chi connectivity index (χ1v) is 6.60. The Kier molecular flexibility index (Phi) is 9.57. The van der Waals surface area contributed by atoms with Crippen molar-refractivity contribution in [1.82, 2.24) is 15.1 Å². The molecule has 0 unspecified atom stereocenters. The Morgan fingerprint density at radius 2 is 1.84 bits per heavy atom. The number of carbonyl (C=O) groups excluding carboxylic acids is 1. The molecule has 1 aliphatic rings. The van der Waals surface area contributed by atoms with Gasteiger partial charge in [0.1, 0.15) is 0 Å². The summed E-state index contributed by atoms with van der Waals surface area (Å²) in [6.45, 7) is 11.1. The van der Waals surface area contributed by atoms with Crippen LogP contribution < -0.4 is 5.32 Å². The first-order chi connectivity index (χ1) is 8.71. The zero-order chi connectivity index (χ0) is 13.4. The predicted molar refractivity (Wildman–Crippen MR) is 82.7 cm³/mol. The van der Waals surface area contributed by atoms with Crippen LogP contribution in [0.1, 0.15) is 12.8 Å². The minimum atomic E-state index is 0. The first kappa shape index (κ1) is 18.2. The summed E-state index contributed by atoms with van der Waals surface area (Å²) in [6, 6.07) is 0.605. The number of nitrogens with one attached hydrogen (secondary N) is 1. The van der Waals surface area contributed by atoms with E-state index in [1.807, 2.05) is 7.05 Å². The molecule has 19 heavy (non-hydrogen) atoms. The van der Waals surface area contributed by atoms with Crippen LogP contribution in [0.15, 0.2) is 25.3 Å². The molecule has 1 aliphatic heterocycles. The minimum absolute atomic E-state index is 0. The fraction of sp³-hybridized carbons (Fsp3) is 0.643. The van der Waals surface area contributed by atoms with Gasteiger partial charge in [0.15, 0.2) is 0 Å². The molecule has 0 bridgehead atoms. The van der Waals surface area contributed by atoms with Crippen molar-refractivity contribution in [2.75, 3.05) is 39.8 Å². The van der Waals surface area contributed by atoms with Crippen molar-refractivity contribution < 1.29 is 4.79 Å². The second-order valence-corrected chi connectivity index (χ2v) is 4.72. The molecule has 0 aliphatic carbocycles. The highest BCUT2D eigenvalue weighted by molar-refractivity contribution is 5.85. The molecule has 0 atom stereocenters. The summed E-state index contributed by atoms with van der Waals surface area (Å²) >= 11 is 0. The van der Waals surface area contributed by atoms with Crippen LogP contribution in [0.4, 0.5) is 0 Å². The number of hydrogen-bond donors (Lipinski definition) is 1. The van der Waals surface area contributed by atoms with E-state index in [9.17, 15) is 4.79 Å². The molecule has 5 heteroatoms. The van der Waals surface area contributed by atoms with Crippen LogP contribution in [0.25, 0.3) is 0 Å². The monoisotopic (exact) mass is 287 g/mol. The minimum Gasteiger partial charge on any atom is -0.334 e. The van der Waals surface area contributed by atoms with E-state index in [1.54, 1.807) is 17.1 Å². The fourth-order valence-corrected chi connectivity index (χ4v) is 2.26. The van der Waals surface area contributed by atoms with E-state index in [-0.39, 0.29) is 18.3 Å². The van der Waals surface area contributed by atoms with Crippen molar-refractivity contribution in [3.8, 4) is 0 Å². The molecule has 1 amide bonds. The van der Waals surface area contributed by atoms with Crippen LogP contribution >= 0.6 is 12.4 Å². The van der Waals surface area contributed by atoms with E-state index in [2.05, 4.69) is 23.4 Å². The van der Waals surface area contributed by atoms with Crippen molar-refractivity contribution >= 4 is 18.3 Å². The summed E-state index contributed by atoms with van der Waals surface area (Å²) in [6.07, 6.45) is 5.75. The summed E-state index contributed by atoms with van der Waals surface area (Å²) in [5, 5.41) is 3.29. The summed E-state index contributed by atoms with van der Waals surface area (Å²) in [5.74, 6) is 0.165. The van der Waals surface area contributed by atoms with Crippen LogP contribution in [-0.2, 0) is 4.79 Å². The lowest BCUT2D eigenvalue weighted by molar-refractivity contribution is -0.131. The van der Waals surface area contributed by atoms with Gasteiger partial charge in [0.2, 0.25) is 5.91 Å². The third-order valence-corrected chi connectivity index (χ3v) is 3.41. The Balaban J connectivity index is 0.00000324. The summed E-state index contributed by atoms with van der Waals surface area (Å²) in [5.41, 5.74) is 0. The topological polar surface area (TPSA) is 35.6 Å². The Morgan fingerprint density at radius 1 is 1.32 bits per heavy atom. The summed E-state index contributed by atoms with van der Waals surface area (Å²) in [4.78, 5) is 16.1. The maximum Gasteiger partial charge on any atom is 0.237 e.